The standard InChI is InChI=1S/C21H30N4O10/c1-9(26)16(22)19(32)25-17(10(2)27)20(33)23-13(7-11-3-5-12(28)6-4-11)18(31)24-14(21(34)35)8-15(29)30/h3-6,9-10,13-14,16-17,26-28H,7-8,22H2,1-2H3,(H,23,33)(H,24,31)(H,25,32)(H,29,30)(H,34,35). The zero-order valence-electron chi connectivity index (χ0n) is 19.0. The van der Waals surface area contributed by atoms with E-state index in [1.807, 2.05) is 5.32 Å². The molecule has 0 saturated heterocycles. The van der Waals surface area contributed by atoms with Crippen LogP contribution in [0, 0.1) is 0 Å². The Balaban J connectivity index is 3.16. The molecule has 194 valence electrons. The van der Waals surface area contributed by atoms with Crippen molar-refractivity contribution in [3.05, 3.63) is 29.8 Å². The summed E-state index contributed by atoms with van der Waals surface area (Å²) in [4.78, 5) is 60.1. The highest BCUT2D eigenvalue weighted by Crippen LogP contribution is 2.12. The second kappa shape index (κ2) is 13.2. The molecule has 0 spiro atoms. The Morgan fingerprint density at radius 2 is 1.37 bits per heavy atom. The lowest BCUT2D eigenvalue weighted by Crippen LogP contribution is -2.61. The van der Waals surface area contributed by atoms with Gasteiger partial charge in [-0.15, -0.1) is 0 Å². The van der Waals surface area contributed by atoms with Gasteiger partial charge < -0.3 is 47.2 Å². The summed E-state index contributed by atoms with van der Waals surface area (Å²) in [5.41, 5.74) is 5.96. The molecule has 1 rings (SSSR count). The largest absolute Gasteiger partial charge is 0.508 e. The summed E-state index contributed by atoms with van der Waals surface area (Å²) in [6.45, 7) is 2.43. The fraction of sp³-hybridized carbons (Fsp3) is 0.476. The molecule has 6 atom stereocenters. The molecule has 0 aliphatic heterocycles. The highest BCUT2D eigenvalue weighted by Gasteiger charge is 2.33. The van der Waals surface area contributed by atoms with Crippen molar-refractivity contribution in [3.63, 3.8) is 0 Å². The maximum atomic E-state index is 12.8. The Morgan fingerprint density at radius 3 is 1.83 bits per heavy atom. The molecular weight excluding hydrogens is 468 g/mol. The van der Waals surface area contributed by atoms with Gasteiger partial charge in [0, 0.05) is 6.42 Å². The lowest BCUT2D eigenvalue weighted by molar-refractivity contribution is -0.147. The number of carboxylic acid groups (broad SMARTS) is 2. The Labute approximate surface area is 200 Å². The molecule has 14 heteroatoms. The average Bonchev–Trinajstić information content (AvgIpc) is 2.76. The number of carboxylic acids is 2. The van der Waals surface area contributed by atoms with Crippen LogP contribution in [0.5, 0.6) is 5.75 Å². The van der Waals surface area contributed by atoms with E-state index in [1.54, 1.807) is 0 Å². The molecule has 0 aliphatic rings. The number of hydrogen-bond acceptors (Lipinski definition) is 9. The number of hydrogen-bond donors (Lipinski definition) is 9. The molecule has 0 bridgehead atoms. The summed E-state index contributed by atoms with van der Waals surface area (Å²) in [6.07, 6.45) is -3.87. The fourth-order valence-electron chi connectivity index (χ4n) is 2.86. The minimum atomic E-state index is -1.80. The summed E-state index contributed by atoms with van der Waals surface area (Å²) in [7, 11) is 0. The zero-order valence-corrected chi connectivity index (χ0v) is 19.0. The smallest absolute Gasteiger partial charge is 0.326 e. The number of phenols is 1. The fourth-order valence-corrected chi connectivity index (χ4v) is 2.86. The van der Waals surface area contributed by atoms with Crippen LogP contribution in [-0.4, -0.2) is 91.6 Å². The molecule has 10 N–H and O–H groups in total. The van der Waals surface area contributed by atoms with Gasteiger partial charge in [-0.1, -0.05) is 12.1 Å². The van der Waals surface area contributed by atoms with Crippen molar-refractivity contribution in [2.75, 3.05) is 0 Å². The Hall–Kier alpha value is -3.75. The van der Waals surface area contributed by atoms with E-state index in [0.29, 0.717) is 5.56 Å². The predicted molar refractivity (Wildman–Crippen MR) is 119 cm³/mol. The van der Waals surface area contributed by atoms with Crippen LogP contribution in [0.15, 0.2) is 24.3 Å². The molecule has 0 heterocycles. The first kappa shape index (κ1) is 29.3. The van der Waals surface area contributed by atoms with Crippen molar-refractivity contribution in [1.29, 1.82) is 0 Å². The Kier molecular flexibility index (Phi) is 11.1. The SMILES string of the molecule is CC(O)C(N)C(=O)NC(C(=O)NC(Cc1ccc(O)cc1)C(=O)NC(CC(=O)O)C(=O)O)C(C)O. The van der Waals surface area contributed by atoms with Gasteiger partial charge in [0.1, 0.15) is 29.9 Å². The first-order valence-electron chi connectivity index (χ1n) is 10.5. The van der Waals surface area contributed by atoms with Gasteiger partial charge >= 0.3 is 11.9 Å². The molecule has 0 saturated carbocycles. The number of amides is 3. The summed E-state index contributed by atoms with van der Waals surface area (Å²) in [5, 5.41) is 53.5. The molecule has 0 fully saturated rings. The maximum absolute atomic E-state index is 12.8. The van der Waals surface area contributed by atoms with E-state index in [0.717, 1.165) is 0 Å². The zero-order chi connectivity index (χ0) is 26.9. The molecule has 3 amide bonds. The summed E-state index contributed by atoms with van der Waals surface area (Å²) in [5.74, 6) is -6.20. The van der Waals surface area contributed by atoms with Crippen LogP contribution in [0.3, 0.4) is 0 Å². The van der Waals surface area contributed by atoms with Crippen LogP contribution in [0.2, 0.25) is 0 Å². The topological polar surface area (TPSA) is 249 Å². The number of phenolic OH excluding ortho intramolecular Hbond substituents is 1. The van der Waals surface area contributed by atoms with Crippen LogP contribution >= 0.6 is 0 Å². The van der Waals surface area contributed by atoms with Crippen molar-refractivity contribution in [1.82, 2.24) is 16.0 Å². The van der Waals surface area contributed by atoms with Gasteiger partial charge in [0.2, 0.25) is 17.7 Å². The van der Waals surface area contributed by atoms with Crippen LogP contribution in [-0.2, 0) is 30.4 Å². The van der Waals surface area contributed by atoms with Crippen molar-refractivity contribution in [2.45, 2.75) is 63.1 Å². The molecule has 1 aromatic carbocycles. The molecule has 0 radical (unpaired) electrons. The van der Waals surface area contributed by atoms with Gasteiger partial charge in [-0.3, -0.25) is 19.2 Å². The molecule has 0 aromatic heterocycles. The normalized spacial score (nSPS) is 16.0. The van der Waals surface area contributed by atoms with E-state index in [9.17, 15) is 44.4 Å². The monoisotopic (exact) mass is 498 g/mol. The number of benzene rings is 1. The van der Waals surface area contributed by atoms with Crippen molar-refractivity contribution >= 4 is 29.7 Å². The van der Waals surface area contributed by atoms with Crippen LogP contribution < -0.4 is 21.7 Å². The van der Waals surface area contributed by atoms with Crippen LogP contribution in [0.1, 0.15) is 25.8 Å². The molecule has 1 aromatic rings. The minimum absolute atomic E-state index is 0.0717. The molecule has 0 aliphatic carbocycles. The first-order valence-corrected chi connectivity index (χ1v) is 10.5. The van der Waals surface area contributed by atoms with Crippen molar-refractivity contribution < 1.29 is 49.5 Å². The van der Waals surface area contributed by atoms with Crippen molar-refractivity contribution in [3.8, 4) is 5.75 Å². The molecule has 35 heavy (non-hydrogen) atoms. The van der Waals surface area contributed by atoms with E-state index >= 15 is 0 Å². The average molecular weight is 498 g/mol. The highest BCUT2D eigenvalue weighted by molar-refractivity contribution is 5.95. The second-order valence-corrected chi connectivity index (χ2v) is 7.92. The van der Waals surface area contributed by atoms with Gasteiger partial charge in [-0.25, -0.2) is 4.79 Å². The van der Waals surface area contributed by atoms with Crippen LogP contribution in [0.4, 0.5) is 0 Å². The third kappa shape index (κ3) is 9.56. The van der Waals surface area contributed by atoms with Gasteiger partial charge in [0.15, 0.2) is 0 Å². The van der Waals surface area contributed by atoms with Gasteiger partial charge in [0.25, 0.3) is 0 Å². The lowest BCUT2D eigenvalue weighted by atomic mass is 10.0. The number of rotatable bonds is 13. The number of aliphatic hydroxyl groups is 2. The first-order chi connectivity index (χ1) is 16.2. The number of nitrogens with two attached hydrogens (primary N) is 1. The molecule has 14 nitrogen and oxygen atoms in total. The summed E-state index contributed by atoms with van der Waals surface area (Å²) < 4.78 is 0. The van der Waals surface area contributed by atoms with E-state index in [-0.39, 0.29) is 12.2 Å². The summed E-state index contributed by atoms with van der Waals surface area (Å²) in [6, 6.07) is -0.780. The quantitative estimate of drug-likeness (QED) is 0.133. The summed E-state index contributed by atoms with van der Waals surface area (Å²) >= 11 is 0. The number of carbonyl (C=O) groups is 5. The van der Waals surface area contributed by atoms with Gasteiger partial charge in [-0.05, 0) is 31.5 Å². The van der Waals surface area contributed by atoms with Crippen LogP contribution in [0.25, 0.3) is 0 Å². The predicted octanol–water partition coefficient (Wildman–Crippen LogP) is -2.96. The Morgan fingerprint density at radius 1 is 0.829 bits per heavy atom. The maximum Gasteiger partial charge on any atom is 0.326 e. The van der Waals surface area contributed by atoms with E-state index in [4.69, 9.17) is 10.8 Å². The third-order valence-electron chi connectivity index (χ3n) is 4.89. The second-order valence-electron chi connectivity index (χ2n) is 7.92. The van der Waals surface area contributed by atoms with Gasteiger partial charge in [0.05, 0.1) is 18.6 Å². The molecule has 6 unspecified atom stereocenters. The number of aliphatic hydroxyl groups excluding tert-OH is 2. The minimum Gasteiger partial charge on any atom is -0.508 e. The van der Waals surface area contributed by atoms with Crippen molar-refractivity contribution in [2.24, 2.45) is 5.73 Å². The number of aliphatic carboxylic acids is 2. The molecular formula is C21H30N4O10. The van der Waals surface area contributed by atoms with E-state index < -0.39 is 72.5 Å². The van der Waals surface area contributed by atoms with E-state index in [2.05, 4.69) is 10.6 Å². The highest BCUT2D eigenvalue weighted by atomic mass is 16.4. The third-order valence-corrected chi connectivity index (χ3v) is 4.89. The number of nitrogens with one attached hydrogen (secondary N) is 3. The number of aromatic hydroxyl groups is 1. The van der Waals surface area contributed by atoms with Gasteiger partial charge in [-0.2, -0.15) is 0 Å². The number of carbonyl (C=O) groups excluding carboxylic acids is 3. The Bertz CT molecular complexity index is 919. The lowest BCUT2D eigenvalue weighted by Gasteiger charge is -2.26. The van der Waals surface area contributed by atoms with E-state index in [1.165, 1.54) is 38.1 Å².